The van der Waals surface area contributed by atoms with E-state index in [2.05, 4.69) is 4.74 Å². The molecule has 17 heavy (non-hydrogen) atoms. The van der Waals surface area contributed by atoms with Crippen molar-refractivity contribution in [2.24, 2.45) is 0 Å². The molecule has 0 atom stereocenters. The molecule has 1 aromatic rings. The molecule has 0 saturated carbocycles. The third-order valence-corrected chi connectivity index (χ3v) is 2.46. The van der Waals surface area contributed by atoms with Crippen LogP contribution in [0.1, 0.15) is 10.4 Å². The molecule has 0 spiro atoms. The number of nitrogens with zero attached hydrogens (tertiary/aromatic N) is 1. The van der Waals surface area contributed by atoms with Crippen molar-refractivity contribution in [1.82, 2.24) is 4.90 Å². The van der Waals surface area contributed by atoms with E-state index >= 15 is 0 Å². The number of rotatable bonds is 1. The Bertz CT molecular complexity index is 484. The first-order valence-electron chi connectivity index (χ1n) is 4.84. The van der Waals surface area contributed by atoms with Crippen molar-refractivity contribution in [3.8, 4) is 0 Å². The molecule has 6 heteroatoms. The van der Waals surface area contributed by atoms with Crippen LogP contribution >= 0.6 is 11.6 Å². The summed E-state index contributed by atoms with van der Waals surface area (Å²) < 4.78 is 4.33. The van der Waals surface area contributed by atoms with E-state index in [0.717, 1.165) is 4.90 Å². The van der Waals surface area contributed by atoms with Crippen LogP contribution in [0.2, 0.25) is 5.02 Å². The van der Waals surface area contributed by atoms with Gasteiger partial charge in [-0.3, -0.25) is 4.79 Å². The van der Waals surface area contributed by atoms with E-state index in [4.69, 9.17) is 11.6 Å². The summed E-state index contributed by atoms with van der Waals surface area (Å²) in [5.74, 6) is -1.87. The van der Waals surface area contributed by atoms with E-state index < -0.39 is 17.8 Å². The zero-order chi connectivity index (χ0) is 12.4. The molecule has 2 rings (SSSR count). The quantitative estimate of drug-likeness (QED) is 0.550. The van der Waals surface area contributed by atoms with Gasteiger partial charge in [-0.25, -0.2) is 9.59 Å². The molecular formula is C11H8ClNO4. The van der Waals surface area contributed by atoms with Crippen LogP contribution in [0, 0.1) is 0 Å². The summed E-state index contributed by atoms with van der Waals surface area (Å²) in [6, 6.07) is 6.31. The molecule has 0 unspecified atom stereocenters. The van der Waals surface area contributed by atoms with Gasteiger partial charge in [-0.1, -0.05) is 17.7 Å². The molecule has 5 nitrogen and oxygen atoms in total. The summed E-state index contributed by atoms with van der Waals surface area (Å²) in [6.07, 6.45) is 0. The first-order valence-corrected chi connectivity index (χ1v) is 5.22. The molecule has 88 valence electrons. The molecule has 0 aliphatic carbocycles. The monoisotopic (exact) mass is 253 g/mol. The molecule has 1 fully saturated rings. The third-order valence-electron chi connectivity index (χ3n) is 2.23. The van der Waals surface area contributed by atoms with Crippen molar-refractivity contribution in [3.63, 3.8) is 0 Å². The maximum absolute atomic E-state index is 12.0. The second-order valence-corrected chi connectivity index (χ2v) is 3.95. The Hall–Kier alpha value is -1.88. The molecule has 1 heterocycles. The minimum Gasteiger partial charge on any atom is -0.390 e. The first kappa shape index (κ1) is 11.6. The number of cyclic esters (lactones) is 2. The van der Waals surface area contributed by atoms with E-state index in [1.165, 1.54) is 6.07 Å². The fourth-order valence-corrected chi connectivity index (χ4v) is 1.70. The van der Waals surface area contributed by atoms with Crippen LogP contribution in [0.5, 0.6) is 0 Å². The lowest BCUT2D eigenvalue weighted by Gasteiger charge is -2.24. The van der Waals surface area contributed by atoms with Crippen molar-refractivity contribution >= 4 is 29.4 Å². The Morgan fingerprint density at radius 1 is 1.24 bits per heavy atom. The van der Waals surface area contributed by atoms with E-state index in [9.17, 15) is 14.4 Å². The summed E-state index contributed by atoms with van der Waals surface area (Å²) in [4.78, 5) is 35.1. The second-order valence-electron chi connectivity index (χ2n) is 3.52. The average Bonchev–Trinajstić information content (AvgIpc) is 2.26. The van der Waals surface area contributed by atoms with Gasteiger partial charge in [0.15, 0.2) is 0 Å². The number of amides is 1. The summed E-state index contributed by atoms with van der Waals surface area (Å²) in [5, 5.41) is 0.418. The molecular weight excluding hydrogens is 246 g/mol. The van der Waals surface area contributed by atoms with Crippen LogP contribution in [-0.2, 0) is 14.3 Å². The Balaban J connectivity index is 2.20. The van der Waals surface area contributed by atoms with Gasteiger partial charge in [-0.15, -0.1) is 0 Å². The third kappa shape index (κ3) is 2.62. The van der Waals surface area contributed by atoms with E-state index in [1.54, 1.807) is 18.2 Å². The summed E-state index contributed by atoms with van der Waals surface area (Å²) >= 11 is 5.76. The molecule has 1 aromatic carbocycles. The highest BCUT2D eigenvalue weighted by Gasteiger charge is 2.28. The van der Waals surface area contributed by atoms with Gasteiger partial charge in [0.1, 0.15) is 13.1 Å². The van der Waals surface area contributed by atoms with Gasteiger partial charge in [0, 0.05) is 10.6 Å². The Morgan fingerprint density at radius 3 is 2.47 bits per heavy atom. The van der Waals surface area contributed by atoms with E-state index in [0.29, 0.717) is 10.6 Å². The lowest BCUT2D eigenvalue weighted by molar-refractivity contribution is -0.165. The number of carbonyl (C=O) groups excluding carboxylic acids is 3. The van der Waals surface area contributed by atoms with Crippen LogP contribution in [0.4, 0.5) is 0 Å². The second kappa shape index (κ2) is 4.55. The summed E-state index contributed by atoms with van der Waals surface area (Å²) in [7, 11) is 0. The van der Waals surface area contributed by atoms with Crippen molar-refractivity contribution in [2.45, 2.75) is 0 Å². The van der Waals surface area contributed by atoms with Crippen LogP contribution < -0.4 is 0 Å². The Labute approximate surface area is 102 Å². The number of benzene rings is 1. The molecule has 1 amide bonds. The van der Waals surface area contributed by atoms with Crippen LogP contribution in [0.25, 0.3) is 0 Å². The molecule has 1 aliphatic rings. The largest absolute Gasteiger partial charge is 0.390 e. The lowest BCUT2D eigenvalue weighted by atomic mass is 10.2. The van der Waals surface area contributed by atoms with Crippen LogP contribution in [0.15, 0.2) is 24.3 Å². The van der Waals surface area contributed by atoms with Gasteiger partial charge in [-0.2, -0.15) is 0 Å². The highest BCUT2D eigenvalue weighted by atomic mass is 35.5. The van der Waals surface area contributed by atoms with Crippen molar-refractivity contribution in [2.75, 3.05) is 13.1 Å². The standard InChI is InChI=1S/C11H8ClNO4/c12-8-3-1-2-7(4-8)11(16)13-5-9(14)17-10(15)6-13/h1-4H,5-6H2. The molecule has 0 radical (unpaired) electrons. The van der Waals surface area contributed by atoms with Crippen LogP contribution in [0.3, 0.4) is 0 Å². The van der Waals surface area contributed by atoms with Crippen LogP contribution in [-0.4, -0.2) is 35.8 Å². The van der Waals surface area contributed by atoms with Crippen molar-refractivity contribution < 1.29 is 19.1 Å². The highest BCUT2D eigenvalue weighted by Crippen LogP contribution is 2.14. The predicted octanol–water partition coefficient (Wildman–Crippen LogP) is 0.866. The molecule has 1 aliphatic heterocycles. The van der Waals surface area contributed by atoms with E-state index in [1.807, 2.05) is 0 Å². The topological polar surface area (TPSA) is 63.7 Å². The zero-order valence-electron chi connectivity index (χ0n) is 8.68. The van der Waals surface area contributed by atoms with Gasteiger partial charge in [0.2, 0.25) is 0 Å². The predicted molar refractivity (Wildman–Crippen MR) is 58.5 cm³/mol. The number of ether oxygens (including phenoxy) is 1. The molecule has 0 bridgehead atoms. The van der Waals surface area contributed by atoms with Gasteiger partial charge < -0.3 is 9.64 Å². The minimum atomic E-state index is -0.725. The van der Waals surface area contributed by atoms with Gasteiger partial charge in [0.05, 0.1) is 0 Å². The maximum atomic E-state index is 12.0. The molecule has 0 N–H and O–H groups in total. The fourth-order valence-electron chi connectivity index (χ4n) is 1.51. The van der Waals surface area contributed by atoms with Crippen molar-refractivity contribution in [1.29, 1.82) is 0 Å². The lowest BCUT2D eigenvalue weighted by Crippen LogP contribution is -2.46. The maximum Gasteiger partial charge on any atom is 0.333 e. The SMILES string of the molecule is O=C1CN(C(=O)c2cccc(Cl)c2)CC(=O)O1. The fraction of sp³-hybridized carbons (Fsp3) is 0.182. The number of morpholine rings is 1. The highest BCUT2D eigenvalue weighted by molar-refractivity contribution is 6.31. The number of carbonyl (C=O) groups is 3. The Kier molecular flexibility index (Phi) is 3.10. The smallest absolute Gasteiger partial charge is 0.333 e. The van der Waals surface area contributed by atoms with Gasteiger partial charge in [0.25, 0.3) is 5.91 Å². The Morgan fingerprint density at radius 2 is 1.88 bits per heavy atom. The normalized spacial score (nSPS) is 15.7. The minimum absolute atomic E-state index is 0.225. The van der Waals surface area contributed by atoms with Gasteiger partial charge in [-0.05, 0) is 18.2 Å². The summed E-state index contributed by atoms with van der Waals surface area (Å²) in [6.45, 7) is -0.450. The van der Waals surface area contributed by atoms with Gasteiger partial charge >= 0.3 is 11.9 Å². The van der Waals surface area contributed by atoms with E-state index in [-0.39, 0.29) is 13.1 Å². The average molecular weight is 254 g/mol. The number of esters is 2. The summed E-state index contributed by atoms with van der Waals surface area (Å²) in [5.41, 5.74) is 0.333. The number of halogens is 1. The first-order chi connectivity index (χ1) is 8.06. The molecule has 1 saturated heterocycles. The zero-order valence-corrected chi connectivity index (χ0v) is 9.44. The molecule has 0 aromatic heterocycles. The van der Waals surface area contributed by atoms with Crippen molar-refractivity contribution in [3.05, 3.63) is 34.9 Å². The number of hydrogen-bond donors (Lipinski definition) is 0. The number of hydrogen-bond acceptors (Lipinski definition) is 4.